The molecule has 0 heterocycles. The predicted octanol–water partition coefficient (Wildman–Crippen LogP) is 3.73. The van der Waals surface area contributed by atoms with Crippen LogP contribution in [0.5, 0.6) is 0 Å². The van der Waals surface area contributed by atoms with Gasteiger partial charge in [-0.25, -0.2) is 8.42 Å². The minimum absolute atomic E-state index is 0.107. The first-order chi connectivity index (χ1) is 9.86. The number of aryl methyl sites for hydroxylation is 3. The molecule has 112 valence electrons. The van der Waals surface area contributed by atoms with Gasteiger partial charge in [0.2, 0.25) is 0 Å². The minimum Gasteiger partial charge on any atom is -0.744 e. The maximum Gasteiger partial charge on any atom is 0.124 e. The van der Waals surface area contributed by atoms with Gasteiger partial charge in [0, 0.05) is 5.02 Å². The first-order valence-corrected chi connectivity index (χ1v) is 8.45. The van der Waals surface area contributed by atoms with E-state index >= 15 is 0 Å². The van der Waals surface area contributed by atoms with E-state index in [0.717, 1.165) is 24.0 Å². The van der Waals surface area contributed by atoms with Gasteiger partial charge in [-0.05, 0) is 55.5 Å². The molecule has 0 amide bonds. The van der Waals surface area contributed by atoms with E-state index in [-0.39, 0.29) is 4.90 Å². The van der Waals surface area contributed by atoms with Gasteiger partial charge in [0.15, 0.2) is 0 Å². The lowest BCUT2D eigenvalue weighted by molar-refractivity contribution is 0.462. The third-order valence-corrected chi connectivity index (χ3v) is 4.50. The maximum atomic E-state index is 11.3. The van der Waals surface area contributed by atoms with E-state index in [2.05, 4.69) is 0 Å². The Morgan fingerprint density at radius 2 is 1.71 bits per heavy atom. The van der Waals surface area contributed by atoms with Crippen molar-refractivity contribution in [3.05, 3.63) is 64.2 Å². The van der Waals surface area contributed by atoms with Crippen molar-refractivity contribution < 1.29 is 13.0 Å². The molecule has 0 spiro atoms. The molecule has 0 fully saturated rings. The van der Waals surface area contributed by atoms with Gasteiger partial charge < -0.3 is 4.55 Å². The van der Waals surface area contributed by atoms with E-state index in [1.54, 1.807) is 12.1 Å². The van der Waals surface area contributed by atoms with Crippen molar-refractivity contribution >= 4 is 21.7 Å². The van der Waals surface area contributed by atoms with Gasteiger partial charge in [0.1, 0.15) is 10.1 Å². The Kier molecular flexibility index (Phi) is 5.04. The van der Waals surface area contributed by atoms with Crippen LogP contribution in [0.25, 0.3) is 0 Å². The molecule has 2 aromatic rings. The van der Waals surface area contributed by atoms with E-state index in [1.165, 1.54) is 6.07 Å². The van der Waals surface area contributed by atoms with Crippen LogP contribution in [0, 0.1) is 6.92 Å². The Morgan fingerprint density at radius 3 is 2.33 bits per heavy atom. The van der Waals surface area contributed by atoms with Crippen LogP contribution in [0.3, 0.4) is 0 Å². The topological polar surface area (TPSA) is 57.2 Å². The summed E-state index contributed by atoms with van der Waals surface area (Å²) >= 11 is 5.83. The normalized spacial score (nSPS) is 11.6. The molecule has 0 saturated heterocycles. The van der Waals surface area contributed by atoms with Gasteiger partial charge in [-0.15, -0.1) is 0 Å². The lowest BCUT2D eigenvalue weighted by Crippen LogP contribution is -2.04. The molecule has 0 aliphatic rings. The van der Waals surface area contributed by atoms with Crippen LogP contribution in [-0.4, -0.2) is 13.0 Å². The summed E-state index contributed by atoms with van der Waals surface area (Å²) in [4.78, 5) is -0.107. The number of benzene rings is 2. The van der Waals surface area contributed by atoms with Crippen molar-refractivity contribution in [2.75, 3.05) is 0 Å². The molecule has 0 aliphatic heterocycles. The largest absolute Gasteiger partial charge is 0.744 e. The summed E-state index contributed by atoms with van der Waals surface area (Å²) in [7, 11) is -4.42. The predicted molar refractivity (Wildman–Crippen MR) is 82.6 cm³/mol. The molecule has 0 bridgehead atoms. The summed E-state index contributed by atoms with van der Waals surface area (Å²) in [6.45, 7) is 1.88. The second kappa shape index (κ2) is 6.60. The Balaban J connectivity index is 2.09. The van der Waals surface area contributed by atoms with Crippen molar-refractivity contribution in [2.24, 2.45) is 0 Å². The van der Waals surface area contributed by atoms with Gasteiger partial charge >= 0.3 is 0 Å². The molecule has 0 radical (unpaired) electrons. The lowest BCUT2D eigenvalue weighted by atomic mass is 10.0. The van der Waals surface area contributed by atoms with Gasteiger partial charge in [0.05, 0.1) is 4.90 Å². The van der Waals surface area contributed by atoms with E-state index < -0.39 is 10.1 Å². The fourth-order valence-electron chi connectivity index (χ4n) is 2.28. The third-order valence-electron chi connectivity index (χ3n) is 3.31. The molecular formula is C16H16ClO3S-. The fourth-order valence-corrected chi connectivity index (χ4v) is 3.12. The standard InChI is InChI=1S/C16H17ClO3S/c1-12-5-10-16(21(18,19)20)14(11-12)4-2-3-13-6-8-15(17)9-7-13/h5-11H,2-4H2,1H3,(H,18,19,20)/p-1. The quantitative estimate of drug-likeness (QED) is 0.788. The summed E-state index contributed by atoms with van der Waals surface area (Å²) in [5.74, 6) is 0. The molecule has 0 saturated carbocycles. The highest BCUT2D eigenvalue weighted by atomic mass is 35.5. The number of hydrogen-bond acceptors (Lipinski definition) is 3. The van der Waals surface area contributed by atoms with Crippen molar-refractivity contribution in [3.8, 4) is 0 Å². The molecule has 0 unspecified atom stereocenters. The van der Waals surface area contributed by atoms with Crippen LogP contribution in [0.1, 0.15) is 23.1 Å². The van der Waals surface area contributed by atoms with Crippen LogP contribution < -0.4 is 0 Å². The molecule has 2 rings (SSSR count). The zero-order valence-corrected chi connectivity index (χ0v) is 13.2. The van der Waals surface area contributed by atoms with E-state index in [0.29, 0.717) is 17.0 Å². The average Bonchev–Trinajstić information content (AvgIpc) is 2.40. The van der Waals surface area contributed by atoms with Crippen molar-refractivity contribution in [1.82, 2.24) is 0 Å². The molecule has 0 aliphatic carbocycles. The third kappa shape index (κ3) is 4.56. The summed E-state index contributed by atoms with van der Waals surface area (Å²) in [5, 5.41) is 0.692. The molecule has 0 N–H and O–H groups in total. The highest BCUT2D eigenvalue weighted by molar-refractivity contribution is 7.85. The van der Waals surface area contributed by atoms with Crippen LogP contribution in [0.2, 0.25) is 5.02 Å². The number of rotatable bonds is 5. The van der Waals surface area contributed by atoms with E-state index in [4.69, 9.17) is 11.6 Å². The Hall–Kier alpha value is -1.36. The van der Waals surface area contributed by atoms with Crippen molar-refractivity contribution in [1.29, 1.82) is 0 Å². The molecule has 0 atom stereocenters. The van der Waals surface area contributed by atoms with Crippen LogP contribution in [-0.2, 0) is 23.0 Å². The average molecular weight is 324 g/mol. The molecular weight excluding hydrogens is 308 g/mol. The maximum absolute atomic E-state index is 11.3. The molecule has 21 heavy (non-hydrogen) atoms. The zero-order chi connectivity index (χ0) is 15.5. The van der Waals surface area contributed by atoms with Crippen LogP contribution in [0.15, 0.2) is 47.4 Å². The molecule has 5 heteroatoms. The number of halogens is 1. The second-order valence-electron chi connectivity index (χ2n) is 5.05. The highest BCUT2D eigenvalue weighted by Crippen LogP contribution is 2.20. The smallest absolute Gasteiger partial charge is 0.124 e. The van der Waals surface area contributed by atoms with Crippen molar-refractivity contribution in [2.45, 2.75) is 31.1 Å². The van der Waals surface area contributed by atoms with E-state index in [1.807, 2.05) is 31.2 Å². The van der Waals surface area contributed by atoms with E-state index in [9.17, 15) is 13.0 Å². The minimum atomic E-state index is -4.42. The SMILES string of the molecule is Cc1ccc(S(=O)(=O)[O-])c(CCCc2ccc(Cl)cc2)c1. The Labute approximate surface area is 130 Å². The molecule has 2 aromatic carbocycles. The molecule has 0 aromatic heterocycles. The Bertz CT molecular complexity index is 722. The van der Waals surface area contributed by atoms with Crippen LogP contribution in [0.4, 0.5) is 0 Å². The zero-order valence-electron chi connectivity index (χ0n) is 11.7. The molecule has 3 nitrogen and oxygen atoms in total. The first kappa shape index (κ1) is 16.0. The number of hydrogen-bond donors (Lipinski definition) is 0. The summed E-state index contributed by atoms with van der Waals surface area (Å²) in [6, 6.07) is 12.4. The van der Waals surface area contributed by atoms with Gasteiger partial charge in [-0.3, -0.25) is 0 Å². The fraction of sp³-hybridized carbons (Fsp3) is 0.250. The van der Waals surface area contributed by atoms with Gasteiger partial charge in [-0.2, -0.15) is 0 Å². The monoisotopic (exact) mass is 323 g/mol. The highest BCUT2D eigenvalue weighted by Gasteiger charge is 2.09. The summed E-state index contributed by atoms with van der Waals surface area (Å²) in [6.07, 6.45) is 2.14. The second-order valence-corrected chi connectivity index (χ2v) is 6.83. The lowest BCUT2D eigenvalue weighted by Gasteiger charge is -2.13. The summed E-state index contributed by atoms with van der Waals surface area (Å²) in [5.41, 5.74) is 2.68. The van der Waals surface area contributed by atoms with Gasteiger partial charge in [0.25, 0.3) is 0 Å². The first-order valence-electron chi connectivity index (χ1n) is 6.66. The van der Waals surface area contributed by atoms with Crippen molar-refractivity contribution in [3.63, 3.8) is 0 Å². The van der Waals surface area contributed by atoms with Crippen LogP contribution >= 0.6 is 11.6 Å². The van der Waals surface area contributed by atoms with Gasteiger partial charge in [-0.1, -0.05) is 41.4 Å². The summed E-state index contributed by atoms with van der Waals surface area (Å²) < 4.78 is 33.8. The Morgan fingerprint density at radius 1 is 1.05 bits per heavy atom.